The third kappa shape index (κ3) is 3.80. The maximum atomic E-state index is 13.9. The van der Waals surface area contributed by atoms with Crippen LogP contribution in [0.4, 0.5) is 4.39 Å². The van der Waals surface area contributed by atoms with Gasteiger partial charge in [-0.15, -0.1) is 0 Å². The summed E-state index contributed by atoms with van der Waals surface area (Å²) in [4.78, 5) is 25.6. The molecular weight excluding hydrogens is 447 g/mol. The standard InChI is InChI=1S/C25H22ClFN2O4/c1-2-32-20-10-14(9-18(26)23(20)33-13-17-5-3-4-6-19(17)27)12-28-29-24(30)21-15-7-8-16(11-15)22(21)25(29)31/h3-10,12,15-16,21-22H,2,11,13H2,1H3. The lowest BCUT2D eigenvalue weighted by molar-refractivity contribution is -0.140. The molecule has 5 rings (SSSR count). The summed E-state index contributed by atoms with van der Waals surface area (Å²) >= 11 is 6.44. The average Bonchev–Trinajstić information content (AvgIpc) is 3.47. The highest BCUT2D eigenvalue weighted by molar-refractivity contribution is 6.32. The van der Waals surface area contributed by atoms with Crippen molar-refractivity contribution in [1.29, 1.82) is 0 Å². The van der Waals surface area contributed by atoms with Crippen molar-refractivity contribution in [2.45, 2.75) is 20.0 Å². The second kappa shape index (κ2) is 8.63. The Morgan fingerprint density at radius 3 is 2.48 bits per heavy atom. The zero-order chi connectivity index (χ0) is 23.1. The Hall–Kier alpha value is -3.19. The molecule has 0 spiro atoms. The van der Waals surface area contributed by atoms with Crippen LogP contribution in [0.25, 0.3) is 0 Å². The lowest BCUT2D eigenvalue weighted by Crippen LogP contribution is -2.28. The second-order valence-electron chi connectivity index (χ2n) is 8.38. The van der Waals surface area contributed by atoms with E-state index >= 15 is 0 Å². The number of hydrazone groups is 1. The number of benzene rings is 2. The number of carbonyl (C=O) groups is 2. The minimum atomic E-state index is -0.372. The maximum absolute atomic E-state index is 13.9. The number of allylic oxidation sites excluding steroid dienone is 2. The number of hydrogen-bond donors (Lipinski definition) is 0. The molecule has 6 nitrogen and oxygen atoms in total. The topological polar surface area (TPSA) is 68.2 Å². The largest absolute Gasteiger partial charge is 0.490 e. The molecule has 3 aliphatic rings. The van der Waals surface area contributed by atoms with Crippen LogP contribution in [0.3, 0.4) is 0 Å². The third-order valence-electron chi connectivity index (χ3n) is 6.43. The van der Waals surface area contributed by atoms with Crippen molar-refractivity contribution < 1.29 is 23.5 Å². The van der Waals surface area contributed by atoms with Gasteiger partial charge < -0.3 is 9.47 Å². The number of amides is 2. The predicted octanol–water partition coefficient (Wildman–Crippen LogP) is 4.60. The van der Waals surface area contributed by atoms with Crippen LogP contribution < -0.4 is 9.47 Å². The lowest BCUT2D eigenvalue weighted by atomic mass is 9.85. The number of ether oxygens (including phenoxy) is 2. The molecule has 1 heterocycles. The van der Waals surface area contributed by atoms with Crippen LogP contribution in [0.5, 0.6) is 11.5 Å². The maximum Gasteiger partial charge on any atom is 0.254 e. The van der Waals surface area contributed by atoms with Crippen LogP contribution in [0.15, 0.2) is 53.7 Å². The molecule has 8 heteroatoms. The van der Waals surface area contributed by atoms with Gasteiger partial charge in [0.05, 0.1) is 29.7 Å². The molecule has 0 aromatic heterocycles. The van der Waals surface area contributed by atoms with Crippen molar-refractivity contribution in [1.82, 2.24) is 5.01 Å². The van der Waals surface area contributed by atoms with Gasteiger partial charge in [-0.2, -0.15) is 10.1 Å². The first-order valence-corrected chi connectivity index (χ1v) is 11.3. The lowest BCUT2D eigenvalue weighted by Gasteiger charge is -2.15. The van der Waals surface area contributed by atoms with Gasteiger partial charge in [0.1, 0.15) is 12.4 Å². The highest BCUT2D eigenvalue weighted by Gasteiger charge is 2.59. The van der Waals surface area contributed by atoms with E-state index in [2.05, 4.69) is 5.10 Å². The number of halogens is 2. The first-order valence-electron chi connectivity index (χ1n) is 10.9. The Bertz CT molecular complexity index is 1150. The van der Waals surface area contributed by atoms with E-state index < -0.39 is 0 Å². The fourth-order valence-electron chi connectivity index (χ4n) is 4.96. The highest BCUT2D eigenvalue weighted by atomic mass is 35.5. The van der Waals surface area contributed by atoms with E-state index in [1.54, 1.807) is 30.3 Å². The summed E-state index contributed by atoms with van der Waals surface area (Å²) in [5, 5.41) is 5.42. The van der Waals surface area contributed by atoms with Crippen LogP contribution >= 0.6 is 11.6 Å². The normalized spacial score (nSPS) is 25.4. The van der Waals surface area contributed by atoms with Crippen LogP contribution in [0, 0.1) is 29.5 Å². The monoisotopic (exact) mass is 468 g/mol. The molecule has 1 aliphatic heterocycles. The molecule has 2 aromatic carbocycles. The van der Waals surface area contributed by atoms with Gasteiger partial charge in [-0.3, -0.25) is 9.59 Å². The minimum absolute atomic E-state index is 0.0180. The molecule has 2 bridgehead atoms. The number of rotatable bonds is 7. The third-order valence-corrected chi connectivity index (χ3v) is 6.71. The Morgan fingerprint density at radius 1 is 1.12 bits per heavy atom. The number of carbonyl (C=O) groups excluding carboxylic acids is 2. The first-order chi connectivity index (χ1) is 16.0. The number of fused-ring (bicyclic) bond motifs is 5. The average molecular weight is 469 g/mol. The number of hydrogen-bond acceptors (Lipinski definition) is 5. The molecule has 4 atom stereocenters. The molecule has 1 saturated carbocycles. The molecule has 2 aromatic rings. The van der Waals surface area contributed by atoms with Gasteiger partial charge in [0.25, 0.3) is 11.8 Å². The predicted molar refractivity (Wildman–Crippen MR) is 121 cm³/mol. The summed E-state index contributed by atoms with van der Waals surface area (Å²) in [5.74, 6) is -0.585. The van der Waals surface area contributed by atoms with Gasteiger partial charge in [0, 0.05) is 5.56 Å². The summed E-state index contributed by atoms with van der Waals surface area (Å²) < 4.78 is 25.4. The molecule has 2 aliphatic carbocycles. The highest BCUT2D eigenvalue weighted by Crippen LogP contribution is 2.52. The van der Waals surface area contributed by atoms with Crippen molar-refractivity contribution in [2.24, 2.45) is 28.8 Å². The van der Waals surface area contributed by atoms with Gasteiger partial charge in [0.15, 0.2) is 11.5 Å². The summed E-state index contributed by atoms with van der Waals surface area (Å²) in [6.45, 7) is 2.16. The van der Waals surface area contributed by atoms with Gasteiger partial charge in [-0.1, -0.05) is 42.0 Å². The SMILES string of the molecule is CCOc1cc(C=NN2C(=O)C3C4C=CC(C4)C3C2=O)cc(Cl)c1OCc1ccccc1F. The number of nitrogens with zero attached hydrogens (tertiary/aromatic N) is 2. The van der Waals surface area contributed by atoms with Crippen molar-refractivity contribution in [3.8, 4) is 11.5 Å². The summed E-state index contributed by atoms with van der Waals surface area (Å²) in [5.41, 5.74) is 0.933. The van der Waals surface area contributed by atoms with Crippen LogP contribution in [0.1, 0.15) is 24.5 Å². The fraction of sp³-hybridized carbons (Fsp3) is 0.320. The smallest absolute Gasteiger partial charge is 0.254 e. The molecule has 0 radical (unpaired) electrons. The molecule has 1 saturated heterocycles. The van der Waals surface area contributed by atoms with E-state index in [-0.39, 0.29) is 58.7 Å². The van der Waals surface area contributed by atoms with Crippen LogP contribution in [-0.2, 0) is 16.2 Å². The van der Waals surface area contributed by atoms with E-state index in [4.69, 9.17) is 21.1 Å². The zero-order valence-corrected chi connectivity index (χ0v) is 18.7. The molecule has 170 valence electrons. The van der Waals surface area contributed by atoms with E-state index in [1.165, 1.54) is 12.3 Å². The summed E-state index contributed by atoms with van der Waals surface area (Å²) in [7, 11) is 0. The van der Waals surface area contributed by atoms with Crippen molar-refractivity contribution in [3.05, 3.63) is 70.5 Å². The summed E-state index contributed by atoms with van der Waals surface area (Å²) in [6.07, 6.45) is 6.37. The van der Waals surface area contributed by atoms with Crippen molar-refractivity contribution >= 4 is 29.6 Å². The summed E-state index contributed by atoms with van der Waals surface area (Å²) in [6, 6.07) is 9.58. The van der Waals surface area contributed by atoms with E-state index in [1.807, 2.05) is 19.1 Å². The van der Waals surface area contributed by atoms with Crippen LogP contribution in [0.2, 0.25) is 5.02 Å². The van der Waals surface area contributed by atoms with Gasteiger partial charge in [0.2, 0.25) is 0 Å². The minimum Gasteiger partial charge on any atom is -0.490 e. The molecular formula is C25H22ClFN2O4. The molecule has 0 N–H and O–H groups in total. The molecule has 2 amide bonds. The quantitative estimate of drug-likeness (QED) is 0.338. The molecule has 33 heavy (non-hydrogen) atoms. The molecule has 4 unspecified atom stereocenters. The van der Waals surface area contributed by atoms with Crippen LogP contribution in [-0.4, -0.2) is 29.6 Å². The first kappa shape index (κ1) is 21.6. The van der Waals surface area contributed by atoms with Gasteiger partial charge in [-0.25, -0.2) is 4.39 Å². The second-order valence-corrected chi connectivity index (χ2v) is 8.78. The Morgan fingerprint density at radius 2 is 1.82 bits per heavy atom. The Balaban J connectivity index is 1.36. The Kier molecular flexibility index (Phi) is 5.66. The van der Waals surface area contributed by atoms with Gasteiger partial charge >= 0.3 is 0 Å². The fourth-order valence-corrected chi connectivity index (χ4v) is 5.23. The van der Waals surface area contributed by atoms with E-state index in [0.29, 0.717) is 23.5 Å². The van der Waals surface area contributed by atoms with Crippen molar-refractivity contribution in [2.75, 3.05) is 6.61 Å². The Labute approximate surface area is 195 Å². The van der Waals surface area contributed by atoms with Crippen molar-refractivity contribution in [3.63, 3.8) is 0 Å². The zero-order valence-electron chi connectivity index (χ0n) is 17.9. The van der Waals surface area contributed by atoms with Gasteiger partial charge in [-0.05, 0) is 48.9 Å². The van der Waals surface area contributed by atoms with E-state index in [0.717, 1.165) is 11.4 Å². The number of imide groups is 1. The molecule has 2 fully saturated rings. The van der Waals surface area contributed by atoms with E-state index in [9.17, 15) is 14.0 Å².